The van der Waals surface area contributed by atoms with Gasteiger partial charge in [0.2, 0.25) is 5.95 Å². The summed E-state index contributed by atoms with van der Waals surface area (Å²) < 4.78 is 28.0. The normalized spacial score (nSPS) is 10.9. The van der Waals surface area contributed by atoms with Crippen LogP contribution in [0.3, 0.4) is 0 Å². The first-order valence-electron chi connectivity index (χ1n) is 8.42. The highest BCUT2D eigenvalue weighted by molar-refractivity contribution is 5.67. The lowest BCUT2D eigenvalue weighted by molar-refractivity contribution is 0.425. The number of para-hydroxylation sites is 1. The van der Waals surface area contributed by atoms with Crippen molar-refractivity contribution in [3.63, 3.8) is 0 Å². The van der Waals surface area contributed by atoms with Crippen molar-refractivity contribution >= 4 is 17.5 Å². The van der Waals surface area contributed by atoms with Gasteiger partial charge in [0.05, 0.1) is 5.69 Å². The van der Waals surface area contributed by atoms with Gasteiger partial charge < -0.3 is 15.5 Å². The lowest BCUT2D eigenvalue weighted by Gasteiger charge is -2.14. The zero-order valence-electron chi connectivity index (χ0n) is 15.1. The molecule has 6 nitrogen and oxygen atoms in total. The lowest BCUT2D eigenvalue weighted by Crippen LogP contribution is -2.21. The van der Waals surface area contributed by atoms with Gasteiger partial charge in [0.25, 0.3) is 0 Å². The van der Waals surface area contributed by atoms with Crippen molar-refractivity contribution in [2.24, 2.45) is 0 Å². The van der Waals surface area contributed by atoms with Gasteiger partial charge in [-0.25, -0.2) is 13.8 Å². The lowest BCUT2D eigenvalue weighted by atomic mass is 10.2. The standard InChI is InChI=1S/C19H20F2N6/c1-27(2)11-10-23-19-24-16(13-6-8-22-9-7-13)12-17(26-19)25-18-14(20)4-3-5-15(18)21/h3-9,12H,10-11H2,1-2H3,(H2,23,24,25,26). The van der Waals surface area contributed by atoms with Crippen molar-refractivity contribution in [1.29, 1.82) is 0 Å². The number of anilines is 3. The van der Waals surface area contributed by atoms with Crippen molar-refractivity contribution in [2.75, 3.05) is 37.8 Å². The van der Waals surface area contributed by atoms with Crippen LogP contribution < -0.4 is 10.6 Å². The van der Waals surface area contributed by atoms with Crippen molar-refractivity contribution in [2.45, 2.75) is 0 Å². The summed E-state index contributed by atoms with van der Waals surface area (Å²) in [6.45, 7) is 1.41. The number of benzene rings is 1. The van der Waals surface area contributed by atoms with Crippen LogP contribution >= 0.6 is 0 Å². The highest BCUT2D eigenvalue weighted by atomic mass is 19.1. The Hall–Kier alpha value is -3.13. The van der Waals surface area contributed by atoms with Gasteiger partial charge in [0.15, 0.2) is 0 Å². The van der Waals surface area contributed by atoms with Gasteiger partial charge in [-0.15, -0.1) is 0 Å². The Morgan fingerprint density at radius 2 is 1.70 bits per heavy atom. The Bertz CT molecular complexity index is 882. The molecule has 0 saturated heterocycles. The third-order valence-corrected chi connectivity index (χ3v) is 3.76. The molecule has 1 aromatic carbocycles. The van der Waals surface area contributed by atoms with Gasteiger partial charge >= 0.3 is 0 Å². The van der Waals surface area contributed by atoms with E-state index in [-0.39, 0.29) is 11.5 Å². The first kappa shape index (κ1) is 18.7. The molecule has 3 aromatic rings. The van der Waals surface area contributed by atoms with Gasteiger partial charge in [0.1, 0.15) is 23.1 Å². The fourth-order valence-corrected chi connectivity index (χ4v) is 2.40. The molecule has 0 atom stereocenters. The highest BCUT2D eigenvalue weighted by Crippen LogP contribution is 2.26. The highest BCUT2D eigenvalue weighted by Gasteiger charge is 2.12. The Morgan fingerprint density at radius 1 is 1.00 bits per heavy atom. The van der Waals surface area contributed by atoms with Crippen molar-refractivity contribution < 1.29 is 8.78 Å². The Labute approximate surface area is 156 Å². The van der Waals surface area contributed by atoms with Gasteiger partial charge in [-0.3, -0.25) is 4.98 Å². The van der Waals surface area contributed by atoms with E-state index in [0.717, 1.165) is 12.1 Å². The summed E-state index contributed by atoms with van der Waals surface area (Å²) in [5.41, 5.74) is 1.18. The second-order valence-corrected chi connectivity index (χ2v) is 6.15. The van der Waals surface area contributed by atoms with E-state index in [9.17, 15) is 8.78 Å². The summed E-state index contributed by atoms with van der Waals surface area (Å²) in [5, 5.41) is 5.86. The van der Waals surface area contributed by atoms with E-state index >= 15 is 0 Å². The zero-order chi connectivity index (χ0) is 19.2. The third-order valence-electron chi connectivity index (χ3n) is 3.76. The molecule has 0 fully saturated rings. The number of hydrogen-bond donors (Lipinski definition) is 2. The molecule has 0 unspecified atom stereocenters. The smallest absolute Gasteiger partial charge is 0.225 e. The molecule has 0 amide bonds. The molecule has 0 aliphatic carbocycles. The number of likely N-dealkylation sites (N-methyl/N-ethyl adjacent to an activating group) is 1. The molecule has 0 spiro atoms. The van der Waals surface area contributed by atoms with Gasteiger partial charge in [-0.2, -0.15) is 4.98 Å². The van der Waals surface area contributed by atoms with Crippen molar-refractivity contribution in [3.8, 4) is 11.3 Å². The summed E-state index contributed by atoms with van der Waals surface area (Å²) in [5.74, 6) is -0.735. The quantitative estimate of drug-likeness (QED) is 0.663. The van der Waals surface area contributed by atoms with E-state index in [4.69, 9.17) is 0 Å². The zero-order valence-corrected chi connectivity index (χ0v) is 15.1. The summed E-state index contributed by atoms with van der Waals surface area (Å²) in [6.07, 6.45) is 3.31. The number of aromatic nitrogens is 3. The van der Waals surface area contributed by atoms with Crippen LogP contribution in [0, 0.1) is 11.6 Å². The van der Waals surface area contributed by atoms with E-state index in [1.165, 1.54) is 18.2 Å². The second-order valence-electron chi connectivity index (χ2n) is 6.15. The maximum Gasteiger partial charge on any atom is 0.225 e. The summed E-state index contributed by atoms with van der Waals surface area (Å²) in [7, 11) is 3.92. The molecule has 0 aliphatic rings. The van der Waals surface area contributed by atoms with E-state index in [1.54, 1.807) is 30.6 Å². The molecule has 0 saturated carbocycles. The Morgan fingerprint density at radius 3 is 2.37 bits per heavy atom. The first-order chi connectivity index (χ1) is 13.0. The molecular formula is C19H20F2N6. The minimum absolute atomic E-state index is 0.254. The van der Waals surface area contributed by atoms with Crippen LogP contribution in [0.5, 0.6) is 0 Å². The predicted molar refractivity (Wildman–Crippen MR) is 102 cm³/mol. The summed E-state index contributed by atoms with van der Waals surface area (Å²) >= 11 is 0. The minimum atomic E-state index is -0.693. The van der Waals surface area contributed by atoms with Crippen LogP contribution in [0.15, 0.2) is 48.8 Å². The van der Waals surface area contributed by atoms with Crippen LogP contribution in [-0.2, 0) is 0 Å². The van der Waals surface area contributed by atoms with E-state index < -0.39 is 11.6 Å². The molecule has 0 aliphatic heterocycles. The average molecular weight is 370 g/mol. The van der Waals surface area contributed by atoms with E-state index in [2.05, 4.69) is 25.6 Å². The first-order valence-corrected chi connectivity index (χ1v) is 8.42. The number of hydrogen-bond acceptors (Lipinski definition) is 6. The second kappa shape index (κ2) is 8.50. The maximum atomic E-state index is 14.0. The fraction of sp³-hybridized carbons (Fsp3) is 0.211. The van der Waals surface area contributed by atoms with Gasteiger partial charge in [-0.05, 0) is 38.4 Å². The fourth-order valence-electron chi connectivity index (χ4n) is 2.40. The topological polar surface area (TPSA) is 66.0 Å². The Balaban J connectivity index is 1.94. The van der Waals surface area contributed by atoms with Crippen LogP contribution in [-0.4, -0.2) is 47.0 Å². The molecule has 0 bridgehead atoms. The van der Waals surface area contributed by atoms with E-state index in [0.29, 0.717) is 18.2 Å². The summed E-state index contributed by atoms with van der Waals surface area (Å²) in [6, 6.07) is 8.93. The van der Waals surface area contributed by atoms with Crippen molar-refractivity contribution in [3.05, 3.63) is 60.4 Å². The van der Waals surface area contributed by atoms with Crippen LogP contribution in [0.25, 0.3) is 11.3 Å². The number of nitrogens with zero attached hydrogens (tertiary/aromatic N) is 4. The third kappa shape index (κ3) is 4.95. The molecule has 3 rings (SSSR count). The molecule has 8 heteroatoms. The molecule has 2 aromatic heterocycles. The average Bonchev–Trinajstić information content (AvgIpc) is 2.65. The monoisotopic (exact) mass is 370 g/mol. The molecular weight excluding hydrogens is 350 g/mol. The SMILES string of the molecule is CN(C)CCNc1nc(Nc2c(F)cccc2F)cc(-c2ccncc2)n1. The predicted octanol–water partition coefficient (Wildman–Crippen LogP) is 3.53. The Kier molecular flexibility index (Phi) is 5.87. The minimum Gasteiger partial charge on any atom is -0.353 e. The van der Waals surface area contributed by atoms with Gasteiger partial charge in [0, 0.05) is 37.1 Å². The van der Waals surface area contributed by atoms with Crippen LogP contribution in [0.4, 0.5) is 26.2 Å². The number of nitrogens with one attached hydrogen (secondary N) is 2. The van der Waals surface area contributed by atoms with Gasteiger partial charge in [-0.1, -0.05) is 6.07 Å². The molecule has 0 radical (unpaired) electrons. The number of pyridine rings is 1. The van der Waals surface area contributed by atoms with Crippen LogP contribution in [0.1, 0.15) is 0 Å². The summed E-state index contributed by atoms with van der Waals surface area (Å²) in [4.78, 5) is 14.8. The number of halogens is 2. The van der Waals surface area contributed by atoms with E-state index in [1.807, 2.05) is 19.0 Å². The molecule has 27 heavy (non-hydrogen) atoms. The van der Waals surface area contributed by atoms with Crippen LogP contribution in [0.2, 0.25) is 0 Å². The molecule has 2 N–H and O–H groups in total. The number of rotatable bonds is 7. The van der Waals surface area contributed by atoms with Crippen molar-refractivity contribution in [1.82, 2.24) is 19.9 Å². The maximum absolute atomic E-state index is 14.0. The molecule has 140 valence electrons. The largest absolute Gasteiger partial charge is 0.353 e. The molecule has 2 heterocycles.